The van der Waals surface area contributed by atoms with E-state index in [-0.39, 0.29) is 11.9 Å². The van der Waals surface area contributed by atoms with Crippen molar-refractivity contribution in [3.63, 3.8) is 0 Å². The number of carbonyl (C=O) groups excluding carboxylic acids is 1. The maximum atomic E-state index is 11.9. The molecule has 4 heteroatoms. The molecule has 0 aliphatic carbocycles. The Labute approximate surface area is 114 Å². The zero-order valence-corrected chi connectivity index (χ0v) is 12.1. The van der Waals surface area contributed by atoms with Gasteiger partial charge in [0.1, 0.15) is 0 Å². The molecule has 0 saturated heterocycles. The Hall–Kier alpha value is -1.16. The normalized spacial score (nSPS) is 11.9. The van der Waals surface area contributed by atoms with Crippen LogP contribution in [0.4, 0.5) is 5.69 Å². The molecule has 1 atom stereocenters. The summed E-state index contributed by atoms with van der Waals surface area (Å²) < 4.78 is 0. The molecule has 1 aromatic rings. The second-order valence-electron chi connectivity index (χ2n) is 4.14. The van der Waals surface area contributed by atoms with Gasteiger partial charge in [-0.2, -0.15) is 11.8 Å². The third-order valence-corrected chi connectivity index (χ3v) is 3.62. The Kier molecular flexibility index (Phi) is 6.65. The number of thioether (sulfide) groups is 1. The Bertz CT molecular complexity index is 365. The first-order valence-corrected chi connectivity index (χ1v) is 7.55. The van der Waals surface area contributed by atoms with Crippen molar-refractivity contribution in [3.8, 4) is 0 Å². The van der Waals surface area contributed by atoms with E-state index in [0.29, 0.717) is 5.56 Å². The highest BCUT2D eigenvalue weighted by molar-refractivity contribution is 7.99. The molecule has 0 spiro atoms. The van der Waals surface area contributed by atoms with Gasteiger partial charge in [0.2, 0.25) is 0 Å². The van der Waals surface area contributed by atoms with E-state index in [1.165, 1.54) is 0 Å². The van der Waals surface area contributed by atoms with E-state index in [2.05, 4.69) is 17.6 Å². The van der Waals surface area contributed by atoms with Crippen molar-refractivity contribution in [2.24, 2.45) is 0 Å². The van der Waals surface area contributed by atoms with Gasteiger partial charge in [0, 0.05) is 29.6 Å². The summed E-state index contributed by atoms with van der Waals surface area (Å²) in [5.41, 5.74) is 1.76. The molecular weight excluding hydrogens is 244 g/mol. The second-order valence-corrected chi connectivity index (χ2v) is 5.46. The molecule has 1 rings (SSSR count). The van der Waals surface area contributed by atoms with E-state index in [4.69, 9.17) is 0 Å². The molecule has 2 N–H and O–H groups in total. The lowest BCUT2D eigenvalue weighted by Gasteiger charge is -2.13. The number of hydrogen-bond donors (Lipinski definition) is 2. The number of nitrogens with one attached hydrogen (secondary N) is 2. The van der Waals surface area contributed by atoms with Gasteiger partial charge in [-0.15, -0.1) is 0 Å². The van der Waals surface area contributed by atoms with E-state index >= 15 is 0 Å². The molecule has 0 radical (unpaired) electrons. The molecule has 0 saturated carbocycles. The number of benzene rings is 1. The fourth-order valence-electron chi connectivity index (χ4n) is 1.59. The summed E-state index contributed by atoms with van der Waals surface area (Å²) in [5, 5.41) is 6.21. The molecule has 1 amide bonds. The van der Waals surface area contributed by atoms with Gasteiger partial charge < -0.3 is 10.6 Å². The van der Waals surface area contributed by atoms with Crippen molar-refractivity contribution in [2.75, 3.05) is 23.4 Å². The number of amides is 1. The predicted octanol–water partition coefficient (Wildman–Crippen LogP) is 2.99. The highest BCUT2D eigenvalue weighted by Crippen LogP contribution is 2.09. The minimum atomic E-state index is 0.00208. The first-order chi connectivity index (χ1) is 8.67. The van der Waals surface area contributed by atoms with Crippen LogP contribution in [0.1, 0.15) is 31.1 Å². The minimum Gasteiger partial charge on any atom is -0.385 e. The molecule has 0 bridgehead atoms. The molecule has 0 heterocycles. The molecule has 0 aliphatic rings. The van der Waals surface area contributed by atoms with Gasteiger partial charge in [-0.3, -0.25) is 4.79 Å². The van der Waals surface area contributed by atoms with Crippen molar-refractivity contribution in [1.82, 2.24) is 5.32 Å². The second kappa shape index (κ2) is 8.03. The topological polar surface area (TPSA) is 41.1 Å². The van der Waals surface area contributed by atoms with Crippen molar-refractivity contribution < 1.29 is 4.79 Å². The van der Waals surface area contributed by atoms with Crippen molar-refractivity contribution >= 4 is 23.4 Å². The number of anilines is 1. The van der Waals surface area contributed by atoms with E-state index in [1.807, 2.05) is 49.9 Å². The third kappa shape index (κ3) is 5.00. The first kappa shape index (κ1) is 14.9. The van der Waals surface area contributed by atoms with Crippen LogP contribution in [0.25, 0.3) is 0 Å². The van der Waals surface area contributed by atoms with Crippen LogP contribution < -0.4 is 10.6 Å². The quantitative estimate of drug-likeness (QED) is 0.797. The molecule has 3 nitrogen and oxygen atoms in total. The third-order valence-electron chi connectivity index (χ3n) is 2.48. The lowest BCUT2D eigenvalue weighted by Crippen LogP contribution is -2.34. The Morgan fingerprint density at radius 1 is 1.28 bits per heavy atom. The Morgan fingerprint density at radius 3 is 2.50 bits per heavy atom. The largest absolute Gasteiger partial charge is 0.385 e. The highest BCUT2D eigenvalue weighted by Gasteiger charge is 2.09. The Balaban J connectivity index is 2.50. The van der Waals surface area contributed by atoms with Crippen LogP contribution in [0, 0.1) is 0 Å². The fourth-order valence-corrected chi connectivity index (χ4v) is 2.26. The van der Waals surface area contributed by atoms with Gasteiger partial charge in [0.25, 0.3) is 5.91 Å². The summed E-state index contributed by atoms with van der Waals surface area (Å²) in [4.78, 5) is 11.9. The number of hydrogen-bond acceptors (Lipinski definition) is 3. The molecule has 1 aromatic carbocycles. The van der Waals surface area contributed by atoms with Crippen LogP contribution in [0.15, 0.2) is 24.3 Å². The lowest BCUT2D eigenvalue weighted by atomic mass is 10.2. The average Bonchev–Trinajstić information content (AvgIpc) is 2.37. The summed E-state index contributed by atoms with van der Waals surface area (Å²) in [7, 11) is 0. The highest BCUT2D eigenvalue weighted by atomic mass is 32.2. The standard InChI is InChI=1S/C14H22N2OS/c1-4-15-13-8-6-12(7-9-13)14(17)16-11(3)10-18-5-2/h6-9,11,15H,4-5,10H2,1-3H3,(H,16,17). The monoisotopic (exact) mass is 266 g/mol. The molecule has 0 fully saturated rings. The molecular formula is C14H22N2OS. The van der Waals surface area contributed by atoms with Gasteiger partial charge in [-0.1, -0.05) is 6.92 Å². The van der Waals surface area contributed by atoms with Gasteiger partial charge in [-0.05, 0) is 43.9 Å². The van der Waals surface area contributed by atoms with Crippen LogP contribution in [-0.4, -0.2) is 30.0 Å². The van der Waals surface area contributed by atoms with E-state index in [9.17, 15) is 4.79 Å². The fraction of sp³-hybridized carbons (Fsp3) is 0.500. The first-order valence-electron chi connectivity index (χ1n) is 6.39. The van der Waals surface area contributed by atoms with Crippen LogP contribution in [0.3, 0.4) is 0 Å². The number of carbonyl (C=O) groups is 1. The van der Waals surface area contributed by atoms with Gasteiger partial charge in [-0.25, -0.2) is 0 Å². The van der Waals surface area contributed by atoms with Crippen molar-refractivity contribution in [2.45, 2.75) is 26.8 Å². The molecule has 0 aromatic heterocycles. The lowest BCUT2D eigenvalue weighted by molar-refractivity contribution is 0.0944. The zero-order chi connectivity index (χ0) is 13.4. The van der Waals surface area contributed by atoms with Gasteiger partial charge in [0.15, 0.2) is 0 Å². The summed E-state index contributed by atoms with van der Waals surface area (Å²) in [6.07, 6.45) is 0. The van der Waals surface area contributed by atoms with Gasteiger partial charge >= 0.3 is 0 Å². The SMILES string of the molecule is CCNc1ccc(C(=O)NC(C)CSCC)cc1. The Morgan fingerprint density at radius 2 is 1.94 bits per heavy atom. The molecule has 18 heavy (non-hydrogen) atoms. The van der Waals surface area contributed by atoms with Crippen LogP contribution >= 0.6 is 11.8 Å². The average molecular weight is 266 g/mol. The maximum Gasteiger partial charge on any atom is 0.251 e. The van der Waals surface area contributed by atoms with E-state index < -0.39 is 0 Å². The van der Waals surface area contributed by atoms with Crippen LogP contribution in [0.2, 0.25) is 0 Å². The van der Waals surface area contributed by atoms with Crippen molar-refractivity contribution in [3.05, 3.63) is 29.8 Å². The maximum absolute atomic E-state index is 11.9. The summed E-state index contributed by atoms with van der Waals surface area (Å²) in [5.74, 6) is 2.04. The van der Waals surface area contributed by atoms with E-state index in [0.717, 1.165) is 23.7 Å². The van der Waals surface area contributed by atoms with Crippen LogP contribution in [-0.2, 0) is 0 Å². The summed E-state index contributed by atoms with van der Waals surface area (Å²) >= 11 is 1.84. The van der Waals surface area contributed by atoms with Gasteiger partial charge in [0.05, 0.1) is 0 Å². The summed E-state index contributed by atoms with van der Waals surface area (Å²) in [6.45, 7) is 7.09. The van der Waals surface area contributed by atoms with Crippen LogP contribution in [0.5, 0.6) is 0 Å². The van der Waals surface area contributed by atoms with E-state index in [1.54, 1.807) is 0 Å². The number of rotatable bonds is 7. The van der Waals surface area contributed by atoms with Crippen molar-refractivity contribution in [1.29, 1.82) is 0 Å². The summed E-state index contributed by atoms with van der Waals surface area (Å²) in [6, 6.07) is 7.78. The minimum absolute atomic E-state index is 0.00208. The molecule has 1 unspecified atom stereocenters. The molecule has 0 aliphatic heterocycles. The molecule has 100 valence electrons. The smallest absolute Gasteiger partial charge is 0.251 e. The predicted molar refractivity (Wildman–Crippen MR) is 80.5 cm³/mol. The zero-order valence-electron chi connectivity index (χ0n) is 11.3.